The quantitative estimate of drug-likeness (QED) is 0.504. The van der Waals surface area contributed by atoms with E-state index in [0.29, 0.717) is 12.6 Å². The van der Waals surface area contributed by atoms with Gasteiger partial charge < -0.3 is 10.1 Å². The SMILES string of the molecule is C/C=C/C(=C\COCC)NC(C)C. The van der Waals surface area contributed by atoms with Gasteiger partial charge in [0.05, 0.1) is 6.61 Å². The molecule has 0 bridgehead atoms. The molecular weight excluding hydrogens is 162 g/mol. The van der Waals surface area contributed by atoms with Crippen molar-refractivity contribution in [1.82, 2.24) is 5.32 Å². The van der Waals surface area contributed by atoms with Crippen LogP contribution >= 0.6 is 0 Å². The third-order valence-electron chi connectivity index (χ3n) is 1.43. The molecular formula is C11H21NO. The number of hydrogen-bond acceptors (Lipinski definition) is 2. The van der Waals surface area contributed by atoms with Crippen LogP contribution in [0.15, 0.2) is 23.9 Å². The smallest absolute Gasteiger partial charge is 0.0670 e. The summed E-state index contributed by atoms with van der Waals surface area (Å²) >= 11 is 0. The van der Waals surface area contributed by atoms with Gasteiger partial charge >= 0.3 is 0 Å². The van der Waals surface area contributed by atoms with Gasteiger partial charge in [-0.2, -0.15) is 0 Å². The van der Waals surface area contributed by atoms with Gasteiger partial charge in [0, 0.05) is 18.3 Å². The Morgan fingerprint density at radius 1 is 1.46 bits per heavy atom. The second kappa shape index (κ2) is 7.87. The molecule has 0 aromatic heterocycles. The molecule has 0 aromatic rings. The molecule has 0 aliphatic rings. The van der Waals surface area contributed by atoms with Crippen LogP contribution in [0.25, 0.3) is 0 Å². The van der Waals surface area contributed by atoms with Crippen LogP contribution in [0.1, 0.15) is 27.7 Å². The molecule has 2 heteroatoms. The van der Waals surface area contributed by atoms with E-state index in [1.807, 2.05) is 19.9 Å². The van der Waals surface area contributed by atoms with Crippen molar-refractivity contribution in [1.29, 1.82) is 0 Å². The zero-order valence-electron chi connectivity index (χ0n) is 9.13. The number of allylic oxidation sites excluding steroid dienone is 2. The lowest BCUT2D eigenvalue weighted by molar-refractivity contribution is 0.177. The highest BCUT2D eigenvalue weighted by atomic mass is 16.5. The Morgan fingerprint density at radius 2 is 2.15 bits per heavy atom. The van der Waals surface area contributed by atoms with Crippen molar-refractivity contribution in [3.8, 4) is 0 Å². The van der Waals surface area contributed by atoms with Crippen molar-refractivity contribution in [3.63, 3.8) is 0 Å². The highest BCUT2D eigenvalue weighted by Crippen LogP contribution is 1.95. The first kappa shape index (κ1) is 12.2. The molecule has 0 radical (unpaired) electrons. The number of nitrogens with one attached hydrogen (secondary N) is 1. The summed E-state index contributed by atoms with van der Waals surface area (Å²) in [5.41, 5.74) is 1.13. The van der Waals surface area contributed by atoms with E-state index in [2.05, 4.69) is 31.3 Å². The van der Waals surface area contributed by atoms with Crippen molar-refractivity contribution in [3.05, 3.63) is 23.9 Å². The minimum atomic E-state index is 0.462. The molecule has 0 spiro atoms. The Balaban J connectivity index is 3.98. The highest BCUT2D eigenvalue weighted by molar-refractivity contribution is 5.16. The Hall–Kier alpha value is -0.760. The Kier molecular flexibility index (Phi) is 7.41. The topological polar surface area (TPSA) is 21.3 Å². The fraction of sp³-hybridized carbons (Fsp3) is 0.636. The van der Waals surface area contributed by atoms with Crippen LogP contribution in [-0.4, -0.2) is 19.3 Å². The van der Waals surface area contributed by atoms with Gasteiger partial charge in [0.1, 0.15) is 0 Å². The fourth-order valence-electron chi connectivity index (χ4n) is 0.955. The summed E-state index contributed by atoms with van der Waals surface area (Å²) in [4.78, 5) is 0. The summed E-state index contributed by atoms with van der Waals surface area (Å²) in [6, 6.07) is 0.462. The maximum Gasteiger partial charge on any atom is 0.0670 e. The molecule has 0 amide bonds. The molecule has 0 aliphatic carbocycles. The number of rotatable bonds is 6. The zero-order chi connectivity index (χ0) is 10.1. The predicted octanol–water partition coefficient (Wildman–Crippen LogP) is 2.48. The lowest BCUT2D eigenvalue weighted by atomic mass is 10.3. The van der Waals surface area contributed by atoms with E-state index in [-0.39, 0.29) is 0 Å². The molecule has 0 unspecified atom stereocenters. The van der Waals surface area contributed by atoms with Crippen molar-refractivity contribution >= 4 is 0 Å². The van der Waals surface area contributed by atoms with Crippen LogP contribution in [0.2, 0.25) is 0 Å². The van der Waals surface area contributed by atoms with Crippen LogP contribution in [0.5, 0.6) is 0 Å². The lowest BCUT2D eigenvalue weighted by Crippen LogP contribution is -2.21. The molecule has 0 aliphatic heterocycles. The van der Waals surface area contributed by atoms with Crippen LogP contribution in [0, 0.1) is 0 Å². The van der Waals surface area contributed by atoms with E-state index < -0.39 is 0 Å². The summed E-state index contributed by atoms with van der Waals surface area (Å²) in [5.74, 6) is 0. The van der Waals surface area contributed by atoms with Crippen molar-refractivity contribution in [2.45, 2.75) is 33.7 Å². The third kappa shape index (κ3) is 7.60. The molecule has 0 heterocycles. The van der Waals surface area contributed by atoms with Crippen LogP contribution in [0.4, 0.5) is 0 Å². The summed E-state index contributed by atoms with van der Waals surface area (Å²) < 4.78 is 5.24. The van der Waals surface area contributed by atoms with Crippen LogP contribution in [-0.2, 0) is 4.74 Å². The van der Waals surface area contributed by atoms with E-state index in [9.17, 15) is 0 Å². The summed E-state index contributed by atoms with van der Waals surface area (Å²) in [7, 11) is 0. The number of ether oxygens (including phenoxy) is 1. The number of hydrogen-bond donors (Lipinski definition) is 1. The van der Waals surface area contributed by atoms with Crippen LogP contribution < -0.4 is 5.32 Å². The van der Waals surface area contributed by atoms with Crippen molar-refractivity contribution < 1.29 is 4.74 Å². The molecule has 0 aromatic carbocycles. The molecule has 2 nitrogen and oxygen atoms in total. The first-order chi connectivity index (χ1) is 6.20. The maximum atomic E-state index is 5.24. The summed E-state index contributed by atoms with van der Waals surface area (Å²) in [6.45, 7) is 9.70. The largest absolute Gasteiger partial charge is 0.383 e. The van der Waals surface area contributed by atoms with E-state index in [1.54, 1.807) is 0 Å². The minimum Gasteiger partial charge on any atom is -0.383 e. The molecule has 76 valence electrons. The van der Waals surface area contributed by atoms with E-state index >= 15 is 0 Å². The van der Waals surface area contributed by atoms with Gasteiger partial charge in [-0.15, -0.1) is 0 Å². The maximum absolute atomic E-state index is 5.24. The Morgan fingerprint density at radius 3 is 2.62 bits per heavy atom. The fourth-order valence-corrected chi connectivity index (χ4v) is 0.955. The van der Waals surface area contributed by atoms with Crippen LogP contribution in [0.3, 0.4) is 0 Å². The van der Waals surface area contributed by atoms with Gasteiger partial charge in [0.25, 0.3) is 0 Å². The highest BCUT2D eigenvalue weighted by Gasteiger charge is 1.93. The lowest BCUT2D eigenvalue weighted by Gasteiger charge is -2.10. The van der Waals surface area contributed by atoms with Gasteiger partial charge in [-0.1, -0.05) is 6.08 Å². The first-order valence-corrected chi connectivity index (χ1v) is 4.87. The molecule has 13 heavy (non-hydrogen) atoms. The molecule has 0 rings (SSSR count). The summed E-state index contributed by atoms with van der Waals surface area (Å²) in [6.07, 6.45) is 6.13. The Labute approximate surface area is 81.7 Å². The second-order valence-electron chi connectivity index (χ2n) is 3.12. The third-order valence-corrected chi connectivity index (χ3v) is 1.43. The molecule has 0 saturated heterocycles. The summed E-state index contributed by atoms with van der Waals surface area (Å²) in [5, 5.41) is 3.33. The molecule has 0 atom stereocenters. The first-order valence-electron chi connectivity index (χ1n) is 4.87. The van der Waals surface area contributed by atoms with E-state index in [0.717, 1.165) is 12.3 Å². The van der Waals surface area contributed by atoms with Gasteiger partial charge in [-0.05, 0) is 39.8 Å². The van der Waals surface area contributed by atoms with Gasteiger partial charge in [0.2, 0.25) is 0 Å². The van der Waals surface area contributed by atoms with E-state index in [1.165, 1.54) is 0 Å². The van der Waals surface area contributed by atoms with Gasteiger partial charge in [0.15, 0.2) is 0 Å². The van der Waals surface area contributed by atoms with Gasteiger partial charge in [-0.25, -0.2) is 0 Å². The second-order valence-corrected chi connectivity index (χ2v) is 3.12. The van der Waals surface area contributed by atoms with Crippen molar-refractivity contribution in [2.24, 2.45) is 0 Å². The van der Waals surface area contributed by atoms with Gasteiger partial charge in [-0.3, -0.25) is 0 Å². The standard InChI is InChI=1S/C11H21NO/c1-5-7-11(12-10(3)4)8-9-13-6-2/h5,7-8,10,12H,6,9H2,1-4H3/b7-5+,11-8+. The zero-order valence-corrected chi connectivity index (χ0v) is 9.13. The van der Waals surface area contributed by atoms with Crippen molar-refractivity contribution in [2.75, 3.05) is 13.2 Å². The average molecular weight is 183 g/mol. The monoisotopic (exact) mass is 183 g/mol. The average Bonchev–Trinajstić information content (AvgIpc) is 2.04. The molecule has 0 fully saturated rings. The normalized spacial score (nSPS) is 12.8. The minimum absolute atomic E-state index is 0.462. The molecule has 0 saturated carbocycles. The van der Waals surface area contributed by atoms with E-state index in [4.69, 9.17) is 4.74 Å². The Bertz CT molecular complexity index is 171. The predicted molar refractivity (Wildman–Crippen MR) is 57.7 cm³/mol. The molecule has 1 N–H and O–H groups in total.